The SMILES string of the molecule is CNCCC(=O)NC(C)c1ccc(S(=O)(=O)N(C)C)cc1.Cl. The molecule has 0 heterocycles. The third kappa shape index (κ3) is 5.57. The molecule has 0 fully saturated rings. The van der Waals surface area contributed by atoms with Crippen LogP contribution in [0.25, 0.3) is 0 Å². The number of amides is 1. The van der Waals surface area contributed by atoms with Crippen LogP contribution < -0.4 is 10.6 Å². The fraction of sp³-hybridized carbons (Fsp3) is 0.500. The highest BCUT2D eigenvalue weighted by molar-refractivity contribution is 7.89. The van der Waals surface area contributed by atoms with Crippen LogP contribution in [0.15, 0.2) is 29.2 Å². The van der Waals surface area contributed by atoms with Gasteiger partial charge in [-0.05, 0) is 31.7 Å². The Hall–Kier alpha value is -1.15. The van der Waals surface area contributed by atoms with Crippen LogP contribution in [-0.4, -0.2) is 46.3 Å². The monoisotopic (exact) mass is 349 g/mol. The van der Waals surface area contributed by atoms with E-state index in [0.29, 0.717) is 13.0 Å². The van der Waals surface area contributed by atoms with Crippen molar-refractivity contribution in [1.29, 1.82) is 0 Å². The lowest BCUT2D eigenvalue weighted by molar-refractivity contribution is -0.121. The molecule has 0 aliphatic carbocycles. The van der Waals surface area contributed by atoms with Crippen LogP contribution in [0.4, 0.5) is 0 Å². The van der Waals surface area contributed by atoms with Crippen molar-refractivity contribution < 1.29 is 13.2 Å². The number of rotatable bonds is 7. The van der Waals surface area contributed by atoms with Gasteiger partial charge in [-0.2, -0.15) is 0 Å². The molecule has 8 heteroatoms. The van der Waals surface area contributed by atoms with E-state index in [2.05, 4.69) is 10.6 Å². The van der Waals surface area contributed by atoms with Crippen molar-refractivity contribution in [3.8, 4) is 0 Å². The molecule has 0 spiro atoms. The zero-order valence-electron chi connectivity index (χ0n) is 13.3. The van der Waals surface area contributed by atoms with Gasteiger partial charge in [-0.1, -0.05) is 12.1 Å². The van der Waals surface area contributed by atoms with Crippen LogP contribution in [0.2, 0.25) is 0 Å². The molecular weight excluding hydrogens is 326 g/mol. The van der Waals surface area contributed by atoms with E-state index >= 15 is 0 Å². The van der Waals surface area contributed by atoms with Gasteiger partial charge >= 0.3 is 0 Å². The van der Waals surface area contributed by atoms with Gasteiger partial charge < -0.3 is 10.6 Å². The van der Waals surface area contributed by atoms with Crippen molar-refractivity contribution in [1.82, 2.24) is 14.9 Å². The van der Waals surface area contributed by atoms with Gasteiger partial charge in [0.2, 0.25) is 15.9 Å². The van der Waals surface area contributed by atoms with Crippen molar-refractivity contribution in [2.24, 2.45) is 0 Å². The van der Waals surface area contributed by atoms with E-state index in [1.54, 1.807) is 31.3 Å². The van der Waals surface area contributed by atoms with Gasteiger partial charge in [-0.25, -0.2) is 12.7 Å². The summed E-state index contributed by atoms with van der Waals surface area (Å²) in [5, 5.41) is 5.79. The Balaban J connectivity index is 0.00000441. The smallest absolute Gasteiger partial charge is 0.242 e. The summed E-state index contributed by atoms with van der Waals surface area (Å²) < 4.78 is 25.1. The average Bonchev–Trinajstić information content (AvgIpc) is 2.45. The first-order chi connectivity index (χ1) is 9.78. The van der Waals surface area contributed by atoms with E-state index in [9.17, 15) is 13.2 Å². The zero-order valence-corrected chi connectivity index (χ0v) is 14.9. The molecule has 1 rings (SSSR count). The quantitative estimate of drug-likeness (QED) is 0.774. The maximum absolute atomic E-state index is 12.0. The molecule has 0 aliphatic rings. The third-order valence-corrected chi connectivity index (χ3v) is 4.97. The molecule has 1 amide bonds. The van der Waals surface area contributed by atoms with E-state index in [4.69, 9.17) is 0 Å². The van der Waals surface area contributed by atoms with Gasteiger partial charge in [-0.3, -0.25) is 4.79 Å². The third-order valence-electron chi connectivity index (χ3n) is 3.14. The van der Waals surface area contributed by atoms with Crippen LogP contribution in [0.3, 0.4) is 0 Å². The molecule has 0 aromatic heterocycles. The second-order valence-electron chi connectivity index (χ2n) is 5.00. The molecule has 0 aliphatic heterocycles. The molecule has 6 nitrogen and oxygen atoms in total. The second-order valence-corrected chi connectivity index (χ2v) is 7.15. The predicted octanol–water partition coefficient (Wildman–Crippen LogP) is 1.15. The normalized spacial score (nSPS) is 12.6. The summed E-state index contributed by atoms with van der Waals surface area (Å²) in [4.78, 5) is 11.9. The number of nitrogens with one attached hydrogen (secondary N) is 2. The Labute approximate surface area is 138 Å². The molecule has 22 heavy (non-hydrogen) atoms. The fourth-order valence-corrected chi connectivity index (χ4v) is 2.68. The van der Waals surface area contributed by atoms with Gasteiger partial charge in [0.25, 0.3) is 0 Å². The van der Waals surface area contributed by atoms with E-state index in [1.165, 1.54) is 18.4 Å². The van der Waals surface area contributed by atoms with Crippen molar-refractivity contribution >= 4 is 28.3 Å². The minimum absolute atomic E-state index is 0. The van der Waals surface area contributed by atoms with Gasteiger partial charge in [0.05, 0.1) is 10.9 Å². The number of hydrogen-bond acceptors (Lipinski definition) is 4. The Morgan fingerprint density at radius 3 is 2.23 bits per heavy atom. The Kier molecular flexibility index (Phi) is 8.62. The summed E-state index contributed by atoms with van der Waals surface area (Å²) in [7, 11) is 1.36. The first-order valence-corrected chi connectivity index (χ1v) is 8.19. The van der Waals surface area contributed by atoms with E-state index in [1.807, 2.05) is 6.92 Å². The molecule has 0 saturated heterocycles. The standard InChI is InChI=1S/C14H23N3O3S.ClH/c1-11(16-14(18)9-10-15-2)12-5-7-13(8-6-12)21(19,20)17(3)4;/h5-8,11,15H,9-10H2,1-4H3,(H,16,18);1H. The first kappa shape index (κ1) is 20.9. The van der Waals surface area contributed by atoms with Gasteiger partial charge in [0.15, 0.2) is 0 Å². The maximum atomic E-state index is 12.0. The molecule has 1 aromatic carbocycles. The number of carbonyl (C=O) groups excluding carboxylic acids is 1. The molecule has 1 atom stereocenters. The Bertz CT molecular complexity index is 574. The van der Waals surface area contributed by atoms with E-state index in [-0.39, 0.29) is 29.3 Å². The summed E-state index contributed by atoms with van der Waals surface area (Å²) in [6, 6.07) is 6.39. The summed E-state index contributed by atoms with van der Waals surface area (Å²) in [6.07, 6.45) is 0.411. The molecule has 0 saturated carbocycles. The lowest BCUT2D eigenvalue weighted by atomic mass is 10.1. The van der Waals surface area contributed by atoms with Gasteiger partial charge in [-0.15, -0.1) is 12.4 Å². The number of carbonyl (C=O) groups is 1. The molecule has 0 radical (unpaired) electrons. The molecule has 0 bridgehead atoms. The molecule has 126 valence electrons. The number of benzene rings is 1. The first-order valence-electron chi connectivity index (χ1n) is 6.75. The second kappa shape index (κ2) is 9.09. The van der Waals surface area contributed by atoms with Crippen LogP contribution in [-0.2, 0) is 14.8 Å². The predicted molar refractivity (Wildman–Crippen MR) is 89.7 cm³/mol. The number of halogens is 1. The highest BCUT2D eigenvalue weighted by Crippen LogP contribution is 2.18. The summed E-state index contributed by atoms with van der Waals surface area (Å²) >= 11 is 0. The highest BCUT2D eigenvalue weighted by Gasteiger charge is 2.17. The van der Waals surface area contributed by atoms with Crippen molar-refractivity contribution in [2.75, 3.05) is 27.7 Å². The van der Waals surface area contributed by atoms with Crippen LogP contribution >= 0.6 is 12.4 Å². The maximum Gasteiger partial charge on any atom is 0.242 e. The molecule has 1 unspecified atom stereocenters. The summed E-state index contributed by atoms with van der Waals surface area (Å²) in [5.74, 6) is -0.0400. The summed E-state index contributed by atoms with van der Waals surface area (Å²) in [6.45, 7) is 2.49. The van der Waals surface area contributed by atoms with Crippen LogP contribution in [0.1, 0.15) is 24.9 Å². The zero-order chi connectivity index (χ0) is 16.0. The van der Waals surface area contributed by atoms with Crippen molar-refractivity contribution in [3.63, 3.8) is 0 Å². The Morgan fingerprint density at radius 1 is 1.23 bits per heavy atom. The largest absolute Gasteiger partial charge is 0.350 e. The fourth-order valence-electron chi connectivity index (χ4n) is 1.77. The summed E-state index contributed by atoms with van der Waals surface area (Å²) in [5.41, 5.74) is 0.866. The lowest BCUT2D eigenvalue weighted by Gasteiger charge is -2.16. The topological polar surface area (TPSA) is 78.5 Å². The molecule has 2 N–H and O–H groups in total. The van der Waals surface area contributed by atoms with Gasteiger partial charge in [0, 0.05) is 27.1 Å². The highest BCUT2D eigenvalue weighted by atomic mass is 35.5. The minimum Gasteiger partial charge on any atom is -0.350 e. The van der Waals surface area contributed by atoms with Crippen molar-refractivity contribution in [3.05, 3.63) is 29.8 Å². The van der Waals surface area contributed by atoms with E-state index < -0.39 is 10.0 Å². The van der Waals surface area contributed by atoms with E-state index in [0.717, 1.165) is 5.56 Å². The number of sulfonamides is 1. The van der Waals surface area contributed by atoms with Crippen molar-refractivity contribution in [2.45, 2.75) is 24.3 Å². The average molecular weight is 350 g/mol. The molecule has 1 aromatic rings. The van der Waals surface area contributed by atoms with Gasteiger partial charge in [0.1, 0.15) is 0 Å². The van der Waals surface area contributed by atoms with Crippen LogP contribution in [0, 0.1) is 0 Å². The lowest BCUT2D eigenvalue weighted by Crippen LogP contribution is -2.29. The number of nitrogens with zero attached hydrogens (tertiary/aromatic N) is 1. The minimum atomic E-state index is -3.42. The molecular formula is C14H24ClN3O3S. The Morgan fingerprint density at radius 2 is 1.77 bits per heavy atom. The number of hydrogen-bond donors (Lipinski definition) is 2. The van der Waals surface area contributed by atoms with Crippen LogP contribution in [0.5, 0.6) is 0 Å².